The van der Waals surface area contributed by atoms with Gasteiger partial charge in [0.15, 0.2) is 0 Å². The lowest BCUT2D eigenvalue weighted by Gasteiger charge is -2.05. The molecule has 0 aromatic rings. The second-order valence-corrected chi connectivity index (χ2v) is 7.18. The van der Waals surface area contributed by atoms with Crippen LogP contribution in [-0.2, 0) is 19.1 Å². The van der Waals surface area contributed by atoms with Crippen LogP contribution in [0.15, 0.2) is 0 Å². The molecule has 0 aliphatic carbocycles. The number of hydrogen-bond acceptors (Lipinski definition) is 4. The van der Waals surface area contributed by atoms with E-state index in [0.717, 1.165) is 19.3 Å². The summed E-state index contributed by atoms with van der Waals surface area (Å²) in [4.78, 5) is 22.9. The van der Waals surface area contributed by atoms with Gasteiger partial charge in [0, 0.05) is 12.8 Å². The molecule has 26 heavy (non-hydrogen) atoms. The molecule has 0 aliphatic heterocycles. The van der Waals surface area contributed by atoms with E-state index >= 15 is 0 Å². The number of esters is 2. The predicted molar refractivity (Wildman–Crippen MR) is 107 cm³/mol. The van der Waals surface area contributed by atoms with Crippen LogP contribution >= 0.6 is 0 Å². The SMILES string of the molecule is CCCCCCCCCCCCCCOC(=O)CCCC(=O)OCCC. The molecule has 0 amide bonds. The maximum Gasteiger partial charge on any atom is 0.305 e. The quantitative estimate of drug-likeness (QED) is 0.196. The lowest BCUT2D eigenvalue weighted by Crippen LogP contribution is -2.09. The molecule has 0 unspecified atom stereocenters. The highest BCUT2D eigenvalue weighted by molar-refractivity contribution is 5.72. The van der Waals surface area contributed by atoms with E-state index in [1.165, 1.54) is 64.2 Å². The van der Waals surface area contributed by atoms with Crippen molar-refractivity contribution in [2.75, 3.05) is 13.2 Å². The highest BCUT2D eigenvalue weighted by atomic mass is 16.5. The zero-order chi connectivity index (χ0) is 19.3. The third-order valence-electron chi connectivity index (χ3n) is 4.49. The van der Waals surface area contributed by atoms with Crippen LogP contribution in [0.2, 0.25) is 0 Å². The van der Waals surface area contributed by atoms with Gasteiger partial charge in [0.2, 0.25) is 0 Å². The van der Waals surface area contributed by atoms with Gasteiger partial charge in [0.1, 0.15) is 0 Å². The molecule has 0 N–H and O–H groups in total. The van der Waals surface area contributed by atoms with E-state index in [4.69, 9.17) is 9.47 Å². The fourth-order valence-corrected chi connectivity index (χ4v) is 2.87. The van der Waals surface area contributed by atoms with Gasteiger partial charge in [-0.2, -0.15) is 0 Å². The van der Waals surface area contributed by atoms with Crippen molar-refractivity contribution in [2.45, 2.75) is 117 Å². The standard InChI is InChI=1S/C22H42O4/c1-3-5-6-7-8-9-10-11-12-13-14-15-20-26-22(24)18-16-17-21(23)25-19-4-2/h3-20H2,1-2H3. The van der Waals surface area contributed by atoms with E-state index in [1.54, 1.807) is 0 Å². The molecule has 0 saturated heterocycles. The summed E-state index contributed by atoms with van der Waals surface area (Å²) >= 11 is 0. The van der Waals surface area contributed by atoms with Gasteiger partial charge in [-0.15, -0.1) is 0 Å². The third kappa shape index (κ3) is 19.3. The highest BCUT2D eigenvalue weighted by Gasteiger charge is 2.06. The van der Waals surface area contributed by atoms with Crippen molar-refractivity contribution in [1.29, 1.82) is 0 Å². The Balaban J connectivity index is 3.22. The Morgan fingerprint density at radius 3 is 1.38 bits per heavy atom. The number of rotatable bonds is 19. The summed E-state index contributed by atoms with van der Waals surface area (Å²) < 4.78 is 10.2. The smallest absolute Gasteiger partial charge is 0.305 e. The lowest BCUT2D eigenvalue weighted by molar-refractivity contribution is -0.145. The van der Waals surface area contributed by atoms with Crippen molar-refractivity contribution in [2.24, 2.45) is 0 Å². The van der Waals surface area contributed by atoms with Crippen molar-refractivity contribution in [3.05, 3.63) is 0 Å². The average molecular weight is 371 g/mol. The first-order valence-electron chi connectivity index (χ1n) is 11.0. The number of hydrogen-bond donors (Lipinski definition) is 0. The Morgan fingerprint density at radius 1 is 0.500 bits per heavy atom. The molecule has 0 bridgehead atoms. The van der Waals surface area contributed by atoms with Crippen molar-refractivity contribution in [3.8, 4) is 0 Å². The number of carbonyl (C=O) groups excluding carboxylic acids is 2. The molecule has 0 rings (SSSR count). The Hall–Kier alpha value is -1.06. The van der Waals surface area contributed by atoms with Crippen molar-refractivity contribution in [1.82, 2.24) is 0 Å². The van der Waals surface area contributed by atoms with Gasteiger partial charge in [-0.1, -0.05) is 84.5 Å². The molecule has 0 atom stereocenters. The summed E-state index contributed by atoms with van der Waals surface area (Å²) in [5, 5.41) is 0. The van der Waals surface area contributed by atoms with E-state index in [9.17, 15) is 9.59 Å². The summed E-state index contributed by atoms with van der Waals surface area (Å²) in [6.07, 6.45) is 17.5. The highest BCUT2D eigenvalue weighted by Crippen LogP contribution is 2.12. The molecule has 154 valence electrons. The van der Waals surface area contributed by atoms with Crippen LogP contribution in [0.1, 0.15) is 117 Å². The molecule has 0 spiro atoms. The number of carbonyl (C=O) groups is 2. The molecule has 0 aromatic heterocycles. The van der Waals surface area contributed by atoms with Gasteiger partial charge < -0.3 is 9.47 Å². The summed E-state index contributed by atoms with van der Waals surface area (Å²) in [5.41, 5.74) is 0. The monoisotopic (exact) mass is 370 g/mol. The fourth-order valence-electron chi connectivity index (χ4n) is 2.87. The largest absolute Gasteiger partial charge is 0.466 e. The molecular formula is C22H42O4. The molecule has 0 fully saturated rings. The second-order valence-electron chi connectivity index (χ2n) is 7.18. The Kier molecular flexibility index (Phi) is 19.4. The summed E-state index contributed by atoms with van der Waals surface area (Å²) in [5.74, 6) is -0.419. The lowest BCUT2D eigenvalue weighted by atomic mass is 10.1. The second kappa shape index (κ2) is 20.3. The van der Waals surface area contributed by atoms with Gasteiger partial charge in [0.25, 0.3) is 0 Å². The van der Waals surface area contributed by atoms with Crippen LogP contribution in [0, 0.1) is 0 Å². The molecule has 4 heteroatoms. The molecule has 0 aliphatic rings. The first-order valence-corrected chi connectivity index (χ1v) is 11.0. The first-order chi connectivity index (χ1) is 12.7. The molecule has 0 aromatic carbocycles. The average Bonchev–Trinajstić information content (AvgIpc) is 2.63. The van der Waals surface area contributed by atoms with Crippen LogP contribution in [-0.4, -0.2) is 25.2 Å². The Morgan fingerprint density at radius 2 is 0.923 bits per heavy atom. The van der Waals surface area contributed by atoms with E-state index in [-0.39, 0.29) is 11.9 Å². The van der Waals surface area contributed by atoms with Gasteiger partial charge in [-0.25, -0.2) is 0 Å². The van der Waals surface area contributed by atoms with Crippen LogP contribution in [0.25, 0.3) is 0 Å². The third-order valence-corrected chi connectivity index (χ3v) is 4.49. The summed E-state index contributed by atoms with van der Waals surface area (Å²) in [6, 6.07) is 0. The van der Waals surface area contributed by atoms with Gasteiger partial charge in [0.05, 0.1) is 13.2 Å². The zero-order valence-corrected chi connectivity index (χ0v) is 17.4. The molecular weight excluding hydrogens is 328 g/mol. The van der Waals surface area contributed by atoms with E-state index in [1.807, 2.05) is 6.92 Å². The maximum atomic E-state index is 11.6. The van der Waals surface area contributed by atoms with Gasteiger partial charge >= 0.3 is 11.9 Å². The van der Waals surface area contributed by atoms with Crippen molar-refractivity contribution >= 4 is 11.9 Å². The van der Waals surface area contributed by atoms with E-state index in [0.29, 0.717) is 32.5 Å². The minimum Gasteiger partial charge on any atom is -0.466 e. The molecule has 4 nitrogen and oxygen atoms in total. The first kappa shape index (κ1) is 24.9. The Labute approximate surface area is 161 Å². The topological polar surface area (TPSA) is 52.6 Å². The molecule has 0 saturated carbocycles. The Bertz CT molecular complexity index is 328. The molecule has 0 radical (unpaired) electrons. The number of unbranched alkanes of at least 4 members (excludes halogenated alkanes) is 11. The fraction of sp³-hybridized carbons (Fsp3) is 0.909. The normalized spacial score (nSPS) is 10.7. The van der Waals surface area contributed by atoms with E-state index < -0.39 is 0 Å². The minimum atomic E-state index is -0.222. The summed E-state index contributed by atoms with van der Waals surface area (Å²) in [6.45, 7) is 5.19. The van der Waals surface area contributed by atoms with Crippen LogP contribution in [0.3, 0.4) is 0 Å². The van der Waals surface area contributed by atoms with E-state index in [2.05, 4.69) is 6.92 Å². The molecule has 0 heterocycles. The number of ether oxygens (including phenoxy) is 2. The minimum absolute atomic E-state index is 0.198. The van der Waals surface area contributed by atoms with Gasteiger partial charge in [-0.05, 0) is 19.3 Å². The van der Waals surface area contributed by atoms with Crippen LogP contribution in [0.4, 0.5) is 0 Å². The predicted octanol–water partition coefficient (Wildman–Crippen LogP) is 6.35. The zero-order valence-electron chi connectivity index (χ0n) is 17.4. The van der Waals surface area contributed by atoms with Crippen LogP contribution in [0.5, 0.6) is 0 Å². The van der Waals surface area contributed by atoms with Gasteiger partial charge in [-0.3, -0.25) is 9.59 Å². The summed E-state index contributed by atoms with van der Waals surface area (Å²) in [7, 11) is 0. The van der Waals surface area contributed by atoms with Crippen molar-refractivity contribution < 1.29 is 19.1 Å². The van der Waals surface area contributed by atoms with Crippen molar-refractivity contribution in [3.63, 3.8) is 0 Å². The van der Waals surface area contributed by atoms with Crippen LogP contribution < -0.4 is 0 Å². The maximum absolute atomic E-state index is 11.6.